The highest BCUT2D eigenvalue weighted by atomic mass is 35.5. The zero-order chi connectivity index (χ0) is 18.4. The van der Waals surface area contributed by atoms with E-state index in [-0.39, 0.29) is 17.8 Å². The Bertz CT molecular complexity index is 738. The Kier molecular flexibility index (Phi) is 6.42. The van der Waals surface area contributed by atoms with E-state index in [0.29, 0.717) is 23.8 Å². The lowest BCUT2D eigenvalue weighted by Crippen LogP contribution is -2.41. The fourth-order valence-electron chi connectivity index (χ4n) is 2.60. The number of benzene rings is 1. The van der Waals surface area contributed by atoms with Crippen LogP contribution < -0.4 is 4.90 Å². The van der Waals surface area contributed by atoms with E-state index < -0.39 is 11.8 Å². The summed E-state index contributed by atoms with van der Waals surface area (Å²) in [4.78, 5) is 28.4. The van der Waals surface area contributed by atoms with Gasteiger partial charge in [-0.2, -0.15) is 0 Å². The SMILES string of the molecule is CCN(C(=O)C1=C(O)C/C(=C\C=C/CCl)N(C)C1=O)c1ccccc1. The molecule has 25 heavy (non-hydrogen) atoms. The number of halogens is 1. The van der Waals surface area contributed by atoms with Gasteiger partial charge in [-0.05, 0) is 25.1 Å². The van der Waals surface area contributed by atoms with Crippen LogP contribution in [0.15, 0.2) is 65.6 Å². The molecule has 1 N–H and O–H groups in total. The topological polar surface area (TPSA) is 60.9 Å². The van der Waals surface area contributed by atoms with Crippen molar-refractivity contribution in [2.24, 2.45) is 0 Å². The van der Waals surface area contributed by atoms with Crippen LogP contribution in [-0.2, 0) is 9.59 Å². The highest BCUT2D eigenvalue weighted by Gasteiger charge is 2.35. The number of nitrogens with zero attached hydrogens (tertiary/aromatic N) is 2. The van der Waals surface area contributed by atoms with Gasteiger partial charge < -0.3 is 14.9 Å². The van der Waals surface area contributed by atoms with Crippen LogP contribution >= 0.6 is 11.6 Å². The van der Waals surface area contributed by atoms with Gasteiger partial charge >= 0.3 is 0 Å². The molecule has 2 rings (SSSR count). The number of rotatable bonds is 5. The second-order valence-electron chi connectivity index (χ2n) is 5.49. The van der Waals surface area contributed by atoms with Crippen molar-refractivity contribution in [3.8, 4) is 0 Å². The van der Waals surface area contributed by atoms with Crippen molar-refractivity contribution in [3.05, 3.63) is 65.6 Å². The number of aliphatic hydroxyl groups is 1. The molecular formula is C19H21ClN2O3. The van der Waals surface area contributed by atoms with Crippen LogP contribution in [0.4, 0.5) is 5.69 Å². The minimum atomic E-state index is -0.520. The van der Waals surface area contributed by atoms with Crippen LogP contribution in [0.5, 0.6) is 0 Å². The number of amides is 2. The first-order valence-corrected chi connectivity index (χ1v) is 8.53. The first-order valence-electron chi connectivity index (χ1n) is 8.00. The number of carbonyl (C=O) groups is 2. The van der Waals surface area contributed by atoms with E-state index in [4.69, 9.17) is 11.6 Å². The summed E-state index contributed by atoms with van der Waals surface area (Å²) >= 11 is 5.58. The quantitative estimate of drug-likeness (QED) is 0.646. The average molecular weight is 361 g/mol. The highest BCUT2D eigenvalue weighted by Crippen LogP contribution is 2.27. The summed E-state index contributed by atoms with van der Waals surface area (Å²) < 4.78 is 0. The first kappa shape index (κ1) is 18.8. The monoisotopic (exact) mass is 360 g/mol. The number of aliphatic hydroxyl groups excluding tert-OH is 1. The molecule has 0 radical (unpaired) electrons. The lowest BCUT2D eigenvalue weighted by Gasteiger charge is -2.30. The van der Waals surface area contributed by atoms with E-state index in [9.17, 15) is 14.7 Å². The summed E-state index contributed by atoms with van der Waals surface area (Å²) in [6.07, 6.45) is 5.26. The maximum absolute atomic E-state index is 12.9. The Morgan fingerprint density at radius 2 is 2.04 bits per heavy atom. The normalized spacial score (nSPS) is 16.8. The maximum Gasteiger partial charge on any atom is 0.267 e. The molecule has 1 aliphatic rings. The number of carbonyl (C=O) groups excluding carboxylic acids is 2. The van der Waals surface area contributed by atoms with E-state index in [1.807, 2.05) is 25.1 Å². The van der Waals surface area contributed by atoms with Gasteiger partial charge in [-0.25, -0.2) is 0 Å². The Balaban J connectivity index is 2.35. The number of likely N-dealkylation sites (N-methyl/N-ethyl adjacent to an activating group) is 2. The van der Waals surface area contributed by atoms with Gasteiger partial charge in [-0.15, -0.1) is 11.6 Å². The van der Waals surface area contributed by atoms with E-state index in [2.05, 4.69) is 0 Å². The standard InChI is InChI=1S/C19H21ClN2O3/c1-3-22(14-9-5-4-6-10-14)19(25)17-16(23)13-15(11-7-8-12-20)21(2)18(17)24/h4-11,23H,3,12-13H2,1-2H3/b8-7-,15-11+. The highest BCUT2D eigenvalue weighted by molar-refractivity contribution is 6.24. The molecule has 5 nitrogen and oxygen atoms in total. The fraction of sp³-hybridized carbons (Fsp3) is 0.263. The number of hydrogen-bond donors (Lipinski definition) is 1. The van der Waals surface area contributed by atoms with Gasteiger partial charge in [0.25, 0.3) is 11.8 Å². The molecule has 0 unspecified atom stereocenters. The van der Waals surface area contributed by atoms with Crippen LogP contribution in [0.2, 0.25) is 0 Å². The number of anilines is 1. The third-order valence-corrected chi connectivity index (χ3v) is 4.12. The van der Waals surface area contributed by atoms with E-state index >= 15 is 0 Å². The minimum absolute atomic E-state index is 0.113. The lowest BCUT2D eigenvalue weighted by atomic mass is 10.0. The summed E-state index contributed by atoms with van der Waals surface area (Å²) in [5.74, 6) is -0.879. The third-order valence-electron chi connectivity index (χ3n) is 3.94. The zero-order valence-electron chi connectivity index (χ0n) is 14.3. The molecule has 1 aliphatic heterocycles. The van der Waals surface area contributed by atoms with Gasteiger partial charge in [0, 0.05) is 37.3 Å². The largest absolute Gasteiger partial charge is 0.511 e. The maximum atomic E-state index is 12.9. The van der Waals surface area contributed by atoms with E-state index in [1.165, 1.54) is 9.80 Å². The van der Waals surface area contributed by atoms with Crippen LogP contribution in [-0.4, -0.2) is 41.3 Å². The predicted molar refractivity (Wildman–Crippen MR) is 99.5 cm³/mol. The van der Waals surface area contributed by atoms with Gasteiger partial charge in [0.15, 0.2) is 0 Å². The van der Waals surface area contributed by atoms with Crippen molar-refractivity contribution in [2.45, 2.75) is 13.3 Å². The Morgan fingerprint density at radius 1 is 1.36 bits per heavy atom. The molecule has 0 atom stereocenters. The fourth-order valence-corrected chi connectivity index (χ4v) is 2.71. The molecule has 0 saturated heterocycles. The number of allylic oxidation sites excluding steroid dienone is 3. The van der Waals surface area contributed by atoms with Crippen molar-refractivity contribution in [3.63, 3.8) is 0 Å². The predicted octanol–water partition coefficient (Wildman–Crippen LogP) is 3.39. The van der Waals surface area contributed by atoms with Crippen molar-refractivity contribution < 1.29 is 14.7 Å². The minimum Gasteiger partial charge on any atom is -0.511 e. The summed E-state index contributed by atoms with van der Waals surface area (Å²) in [6, 6.07) is 9.07. The third kappa shape index (κ3) is 4.12. The summed E-state index contributed by atoms with van der Waals surface area (Å²) in [7, 11) is 1.58. The van der Waals surface area contributed by atoms with E-state index in [1.54, 1.807) is 37.4 Å². The van der Waals surface area contributed by atoms with Gasteiger partial charge in [-0.3, -0.25) is 9.59 Å². The van der Waals surface area contributed by atoms with Crippen molar-refractivity contribution in [1.82, 2.24) is 4.90 Å². The molecular weight excluding hydrogens is 340 g/mol. The molecule has 132 valence electrons. The van der Waals surface area contributed by atoms with Crippen LogP contribution in [0.25, 0.3) is 0 Å². The second kappa shape index (κ2) is 8.53. The van der Waals surface area contributed by atoms with Gasteiger partial charge in [0.1, 0.15) is 11.3 Å². The number of hydrogen-bond acceptors (Lipinski definition) is 3. The molecule has 6 heteroatoms. The number of para-hydroxylation sites is 1. The molecule has 0 spiro atoms. The second-order valence-corrected chi connectivity index (χ2v) is 5.80. The van der Waals surface area contributed by atoms with Gasteiger partial charge in [0.2, 0.25) is 0 Å². The van der Waals surface area contributed by atoms with Gasteiger partial charge in [-0.1, -0.05) is 30.4 Å². The molecule has 0 saturated carbocycles. The molecule has 0 fully saturated rings. The number of alkyl halides is 1. The zero-order valence-corrected chi connectivity index (χ0v) is 15.0. The van der Waals surface area contributed by atoms with Crippen molar-refractivity contribution in [2.75, 3.05) is 24.4 Å². The smallest absolute Gasteiger partial charge is 0.267 e. The van der Waals surface area contributed by atoms with Crippen molar-refractivity contribution >= 4 is 29.1 Å². The molecule has 1 heterocycles. The molecule has 1 aromatic carbocycles. The molecule has 0 bridgehead atoms. The first-order chi connectivity index (χ1) is 12.0. The van der Waals surface area contributed by atoms with E-state index in [0.717, 1.165) is 0 Å². The molecule has 0 aliphatic carbocycles. The molecule has 2 amide bonds. The Labute approximate surface area is 152 Å². The van der Waals surface area contributed by atoms with Crippen molar-refractivity contribution in [1.29, 1.82) is 0 Å². The van der Waals surface area contributed by atoms with Crippen LogP contribution in [0.3, 0.4) is 0 Å². The lowest BCUT2D eigenvalue weighted by molar-refractivity contribution is -0.128. The van der Waals surface area contributed by atoms with Gasteiger partial charge in [0.05, 0.1) is 0 Å². The summed E-state index contributed by atoms with van der Waals surface area (Å²) in [5, 5.41) is 10.3. The summed E-state index contributed by atoms with van der Waals surface area (Å²) in [6.45, 7) is 2.21. The Hall–Kier alpha value is -2.53. The van der Waals surface area contributed by atoms with Crippen LogP contribution in [0.1, 0.15) is 13.3 Å². The molecule has 1 aromatic rings. The summed E-state index contributed by atoms with van der Waals surface area (Å²) in [5.41, 5.74) is 1.09. The Morgan fingerprint density at radius 3 is 2.64 bits per heavy atom. The molecule has 0 aromatic heterocycles. The van der Waals surface area contributed by atoms with Crippen LogP contribution in [0, 0.1) is 0 Å². The average Bonchev–Trinajstić information content (AvgIpc) is 2.61.